The van der Waals surface area contributed by atoms with Crippen molar-refractivity contribution >= 4 is 28.8 Å². The summed E-state index contributed by atoms with van der Waals surface area (Å²) in [5.74, 6) is -0.315. The van der Waals surface area contributed by atoms with Crippen molar-refractivity contribution in [3.8, 4) is 11.5 Å². The first-order valence-electron chi connectivity index (χ1n) is 11.0. The maximum atomic E-state index is 13.6. The summed E-state index contributed by atoms with van der Waals surface area (Å²) < 4.78 is 24.9. The fourth-order valence-corrected chi connectivity index (χ4v) is 3.80. The summed E-state index contributed by atoms with van der Waals surface area (Å²) in [6, 6.07) is 17.9. The molecule has 0 saturated heterocycles. The SMILES string of the molecule is CCOc1ccc(NC2=C(c3ccc(F)cc3)C(=O)N(c3cccc(C)c3)C2=O)cc1OCC. The lowest BCUT2D eigenvalue weighted by Gasteiger charge is -2.16. The van der Waals surface area contributed by atoms with Crippen LogP contribution >= 0.6 is 0 Å². The van der Waals surface area contributed by atoms with E-state index in [1.165, 1.54) is 24.3 Å². The van der Waals surface area contributed by atoms with Gasteiger partial charge in [0, 0.05) is 11.8 Å². The Morgan fingerprint density at radius 1 is 0.853 bits per heavy atom. The largest absolute Gasteiger partial charge is 0.490 e. The standard InChI is InChI=1S/C27H25FN2O4/c1-4-33-22-14-13-20(16-23(22)34-5-2)29-25-24(18-9-11-19(28)12-10-18)26(31)30(27(25)32)21-8-6-7-17(3)15-21/h6-16,29H,4-5H2,1-3H3. The summed E-state index contributed by atoms with van der Waals surface area (Å²) in [5, 5.41) is 3.11. The molecular weight excluding hydrogens is 435 g/mol. The lowest BCUT2D eigenvalue weighted by molar-refractivity contribution is -0.120. The van der Waals surface area contributed by atoms with Gasteiger partial charge in [0.2, 0.25) is 0 Å². The van der Waals surface area contributed by atoms with Crippen molar-refractivity contribution in [1.29, 1.82) is 0 Å². The fraction of sp³-hybridized carbons (Fsp3) is 0.185. The average Bonchev–Trinajstić information content (AvgIpc) is 3.05. The number of anilines is 2. The summed E-state index contributed by atoms with van der Waals surface area (Å²) in [7, 11) is 0. The highest BCUT2D eigenvalue weighted by molar-refractivity contribution is 6.46. The minimum absolute atomic E-state index is 0.102. The minimum atomic E-state index is -0.498. The molecular formula is C27H25FN2O4. The third-order valence-electron chi connectivity index (χ3n) is 5.29. The highest BCUT2D eigenvalue weighted by atomic mass is 19.1. The van der Waals surface area contributed by atoms with Crippen molar-refractivity contribution in [2.45, 2.75) is 20.8 Å². The molecule has 1 N–H and O–H groups in total. The number of benzene rings is 3. The van der Waals surface area contributed by atoms with Crippen LogP contribution in [-0.4, -0.2) is 25.0 Å². The molecule has 0 aliphatic carbocycles. The maximum Gasteiger partial charge on any atom is 0.282 e. The van der Waals surface area contributed by atoms with Gasteiger partial charge in [-0.15, -0.1) is 0 Å². The zero-order chi connectivity index (χ0) is 24.2. The predicted octanol–water partition coefficient (Wildman–Crippen LogP) is 5.33. The first-order valence-corrected chi connectivity index (χ1v) is 11.0. The number of aryl methyl sites for hydroxylation is 1. The van der Waals surface area contributed by atoms with E-state index in [4.69, 9.17) is 9.47 Å². The molecule has 1 heterocycles. The summed E-state index contributed by atoms with van der Waals surface area (Å²) >= 11 is 0. The van der Waals surface area contributed by atoms with Gasteiger partial charge in [-0.2, -0.15) is 0 Å². The second kappa shape index (κ2) is 9.79. The smallest absolute Gasteiger partial charge is 0.282 e. The molecule has 0 radical (unpaired) electrons. The Labute approximate surface area is 197 Å². The van der Waals surface area contributed by atoms with Crippen molar-refractivity contribution in [3.63, 3.8) is 0 Å². The molecule has 0 atom stereocenters. The Balaban J connectivity index is 1.79. The minimum Gasteiger partial charge on any atom is -0.490 e. The Kier molecular flexibility index (Phi) is 6.63. The van der Waals surface area contributed by atoms with E-state index in [0.717, 1.165) is 10.5 Å². The van der Waals surface area contributed by atoms with E-state index >= 15 is 0 Å². The lowest BCUT2D eigenvalue weighted by Crippen LogP contribution is -2.32. The molecule has 0 unspecified atom stereocenters. The molecule has 4 rings (SSSR count). The molecule has 1 aliphatic heterocycles. The highest BCUT2D eigenvalue weighted by Gasteiger charge is 2.40. The number of ether oxygens (including phenoxy) is 2. The highest BCUT2D eigenvalue weighted by Crippen LogP contribution is 2.36. The Hall–Kier alpha value is -4.13. The molecule has 7 heteroatoms. The van der Waals surface area contributed by atoms with Gasteiger partial charge in [-0.3, -0.25) is 9.59 Å². The van der Waals surface area contributed by atoms with Crippen LogP contribution in [0.1, 0.15) is 25.0 Å². The summed E-state index contributed by atoms with van der Waals surface area (Å²) in [6.45, 7) is 6.54. The molecule has 0 fully saturated rings. The van der Waals surface area contributed by atoms with Gasteiger partial charge in [0.15, 0.2) is 11.5 Å². The Morgan fingerprint density at radius 2 is 1.56 bits per heavy atom. The van der Waals surface area contributed by atoms with Crippen LogP contribution in [-0.2, 0) is 9.59 Å². The van der Waals surface area contributed by atoms with E-state index in [1.54, 1.807) is 36.4 Å². The van der Waals surface area contributed by atoms with Crippen molar-refractivity contribution in [2.24, 2.45) is 0 Å². The van der Waals surface area contributed by atoms with Crippen molar-refractivity contribution in [1.82, 2.24) is 0 Å². The number of imide groups is 1. The second-order valence-corrected chi connectivity index (χ2v) is 7.69. The normalized spacial score (nSPS) is 13.5. The number of hydrogen-bond donors (Lipinski definition) is 1. The summed E-state index contributed by atoms with van der Waals surface area (Å²) in [6.07, 6.45) is 0. The van der Waals surface area contributed by atoms with Gasteiger partial charge in [0.05, 0.1) is 24.5 Å². The molecule has 2 amide bonds. The number of amides is 2. The zero-order valence-electron chi connectivity index (χ0n) is 19.2. The monoisotopic (exact) mass is 460 g/mol. The van der Waals surface area contributed by atoms with E-state index in [-0.39, 0.29) is 11.3 Å². The first-order chi connectivity index (χ1) is 16.4. The molecule has 0 saturated carbocycles. The molecule has 3 aromatic carbocycles. The van der Waals surface area contributed by atoms with Gasteiger partial charge >= 0.3 is 0 Å². The zero-order valence-corrected chi connectivity index (χ0v) is 19.2. The fourth-order valence-electron chi connectivity index (χ4n) is 3.80. The van der Waals surface area contributed by atoms with Crippen LogP contribution in [0.25, 0.3) is 5.57 Å². The van der Waals surface area contributed by atoms with Gasteiger partial charge in [-0.25, -0.2) is 9.29 Å². The van der Waals surface area contributed by atoms with E-state index in [0.29, 0.717) is 41.7 Å². The van der Waals surface area contributed by atoms with Crippen LogP contribution < -0.4 is 19.7 Å². The van der Waals surface area contributed by atoms with Gasteiger partial charge in [-0.1, -0.05) is 24.3 Å². The number of hydrogen-bond acceptors (Lipinski definition) is 5. The Morgan fingerprint density at radius 3 is 2.24 bits per heavy atom. The van der Waals surface area contributed by atoms with E-state index in [1.807, 2.05) is 26.8 Å². The van der Waals surface area contributed by atoms with Gasteiger partial charge < -0.3 is 14.8 Å². The molecule has 6 nitrogen and oxygen atoms in total. The maximum absolute atomic E-state index is 13.6. The number of carbonyl (C=O) groups is 2. The van der Waals surface area contributed by atoms with Crippen LogP contribution in [0.15, 0.2) is 72.4 Å². The number of nitrogens with zero attached hydrogens (tertiary/aromatic N) is 1. The molecule has 174 valence electrons. The third kappa shape index (κ3) is 4.50. The van der Waals surface area contributed by atoms with E-state index in [9.17, 15) is 14.0 Å². The van der Waals surface area contributed by atoms with Crippen LogP contribution in [0.2, 0.25) is 0 Å². The lowest BCUT2D eigenvalue weighted by atomic mass is 10.0. The quantitative estimate of drug-likeness (QED) is 0.461. The topological polar surface area (TPSA) is 67.9 Å². The van der Waals surface area contributed by atoms with Crippen molar-refractivity contribution in [3.05, 3.63) is 89.4 Å². The van der Waals surface area contributed by atoms with Crippen LogP contribution in [0, 0.1) is 12.7 Å². The number of nitrogens with one attached hydrogen (secondary N) is 1. The van der Waals surface area contributed by atoms with Crippen LogP contribution in [0.4, 0.5) is 15.8 Å². The average molecular weight is 461 g/mol. The third-order valence-corrected chi connectivity index (χ3v) is 5.29. The van der Waals surface area contributed by atoms with Crippen LogP contribution in [0.5, 0.6) is 11.5 Å². The van der Waals surface area contributed by atoms with Gasteiger partial charge in [-0.05, 0) is 68.3 Å². The number of rotatable bonds is 8. The summed E-state index contributed by atoms with van der Waals surface area (Å²) in [4.78, 5) is 28.1. The number of carbonyl (C=O) groups excluding carboxylic acids is 2. The van der Waals surface area contributed by atoms with E-state index in [2.05, 4.69) is 5.32 Å². The summed E-state index contributed by atoms with van der Waals surface area (Å²) in [5.41, 5.74) is 2.63. The van der Waals surface area contributed by atoms with Crippen molar-refractivity contribution in [2.75, 3.05) is 23.4 Å². The number of halogens is 1. The van der Waals surface area contributed by atoms with Gasteiger partial charge in [0.25, 0.3) is 11.8 Å². The first kappa shape index (κ1) is 23.0. The van der Waals surface area contributed by atoms with E-state index < -0.39 is 17.6 Å². The van der Waals surface area contributed by atoms with Gasteiger partial charge in [0.1, 0.15) is 11.5 Å². The predicted molar refractivity (Wildman–Crippen MR) is 129 cm³/mol. The molecule has 0 aromatic heterocycles. The molecule has 0 spiro atoms. The molecule has 0 bridgehead atoms. The molecule has 1 aliphatic rings. The van der Waals surface area contributed by atoms with Crippen LogP contribution in [0.3, 0.4) is 0 Å². The Bertz CT molecular complexity index is 1270. The second-order valence-electron chi connectivity index (χ2n) is 7.69. The molecule has 34 heavy (non-hydrogen) atoms. The molecule has 3 aromatic rings. The van der Waals surface area contributed by atoms with Crippen molar-refractivity contribution < 1.29 is 23.5 Å².